The highest BCUT2D eigenvalue weighted by Gasteiger charge is 2.32. The zero-order chi connectivity index (χ0) is 15.6. The van der Waals surface area contributed by atoms with E-state index in [0.717, 1.165) is 18.5 Å². The van der Waals surface area contributed by atoms with Crippen molar-refractivity contribution in [2.45, 2.75) is 12.5 Å². The van der Waals surface area contributed by atoms with Crippen LogP contribution in [0.15, 0.2) is 58.0 Å². The summed E-state index contributed by atoms with van der Waals surface area (Å²) in [6, 6.07) is 8.23. The number of carbonyl (C=O) groups is 1. The summed E-state index contributed by atoms with van der Waals surface area (Å²) >= 11 is 3.45. The minimum Gasteiger partial charge on any atom is -0.472 e. The van der Waals surface area contributed by atoms with Crippen LogP contribution in [0.1, 0.15) is 26.9 Å². The number of amides is 1. The highest BCUT2D eigenvalue weighted by Crippen LogP contribution is 2.40. The molecule has 3 aromatic rings. The first kappa shape index (κ1) is 14.5. The summed E-state index contributed by atoms with van der Waals surface area (Å²) in [7, 11) is 0. The molecule has 1 atom stereocenters. The van der Waals surface area contributed by atoms with Gasteiger partial charge in [-0.1, -0.05) is 6.07 Å². The van der Waals surface area contributed by atoms with Crippen molar-refractivity contribution >= 4 is 34.7 Å². The van der Waals surface area contributed by atoms with Crippen molar-refractivity contribution in [1.29, 1.82) is 0 Å². The van der Waals surface area contributed by atoms with Crippen LogP contribution in [0.25, 0.3) is 6.08 Å². The third-order valence-corrected chi connectivity index (χ3v) is 5.96. The van der Waals surface area contributed by atoms with Crippen LogP contribution in [0.4, 0.5) is 0 Å². The molecule has 1 amide bonds. The number of hydrogen-bond donors (Lipinski definition) is 0. The molecule has 1 unspecified atom stereocenters. The molecule has 4 heterocycles. The maximum absolute atomic E-state index is 12.7. The van der Waals surface area contributed by atoms with Crippen LogP contribution < -0.4 is 0 Å². The SMILES string of the molecule is O=C(/C=C/c1ccoc1)N1CCc2ccsc2C1c1cccs1. The lowest BCUT2D eigenvalue weighted by atomic mass is 10.00. The van der Waals surface area contributed by atoms with Gasteiger partial charge in [-0.3, -0.25) is 4.79 Å². The molecule has 0 radical (unpaired) electrons. The van der Waals surface area contributed by atoms with Gasteiger partial charge in [-0.25, -0.2) is 0 Å². The Hall–Kier alpha value is -2.11. The third-order valence-electron chi connectivity index (χ3n) is 4.02. The van der Waals surface area contributed by atoms with E-state index in [9.17, 15) is 4.79 Å². The van der Waals surface area contributed by atoms with Gasteiger partial charge in [-0.05, 0) is 47.0 Å². The van der Waals surface area contributed by atoms with Crippen LogP contribution in [-0.4, -0.2) is 17.4 Å². The van der Waals surface area contributed by atoms with Gasteiger partial charge >= 0.3 is 0 Å². The van der Waals surface area contributed by atoms with E-state index >= 15 is 0 Å². The predicted molar refractivity (Wildman–Crippen MR) is 93.6 cm³/mol. The van der Waals surface area contributed by atoms with E-state index in [0.29, 0.717) is 0 Å². The Kier molecular flexibility index (Phi) is 3.89. The molecule has 23 heavy (non-hydrogen) atoms. The van der Waals surface area contributed by atoms with E-state index in [-0.39, 0.29) is 11.9 Å². The van der Waals surface area contributed by atoms with Crippen LogP contribution in [-0.2, 0) is 11.2 Å². The molecule has 0 spiro atoms. The molecule has 0 bridgehead atoms. The van der Waals surface area contributed by atoms with Gasteiger partial charge in [0.25, 0.3) is 0 Å². The molecule has 1 aliphatic rings. The van der Waals surface area contributed by atoms with Gasteiger partial charge in [0.1, 0.15) is 6.04 Å². The minimum atomic E-state index is 0.0419. The maximum atomic E-state index is 12.7. The molecule has 0 saturated carbocycles. The van der Waals surface area contributed by atoms with E-state index in [1.807, 2.05) is 17.0 Å². The summed E-state index contributed by atoms with van der Waals surface area (Å²) < 4.78 is 5.04. The molecule has 3 aromatic heterocycles. The first-order valence-corrected chi connectivity index (χ1v) is 9.19. The molecule has 3 nitrogen and oxygen atoms in total. The summed E-state index contributed by atoms with van der Waals surface area (Å²) in [5.41, 5.74) is 2.27. The number of fused-ring (bicyclic) bond motifs is 1. The number of thiophene rings is 2. The molecule has 1 aliphatic heterocycles. The Bertz CT molecular complexity index is 815. The Morgan fingerprint density at radius 2 is 2.22 bits per heavy atom. The lowest BCUT2D eigenvalue weighted by Gasteiger charge is -2.34. The lowest BCUT2D eigenvalue weighted by molar-refractivity contribution is -0.127. The molecule has 116 valence electrons. The van der Waals surface area contributed by atoms with Crippen molar-refractivity contribution in [1.82, 2.24) is 4.90 Å². The summed E-state index contributed by atoms with van der Waals surface area (Å²) in [5, 5.41) is 4.20. The summed E-state index contributed by atoms with van der Waals surface area (Å²) in [6.45, 7) is 0.751. The van der Waals surface area contributed by atoms with Crippen molar-refractivity contribution in [2.24, 2.45) is 0 Å². The quantitative estimate of drug-likeness (QED) is 0.653. The van der Waals surface area contributed by atoms with Crippen molar-refractivity contribution in [3.05, 3.63) is 74.5 Å². The van der Waals surface area contributed by atoms with Gasteiger partial charge < -0.3 is 9.32 Å². The first-order chi connectivity index (χ1) is 11.3. The smallest absolute Gasteiger partial charge is 0.247 e. The van der Waals surface area contributed by atoms with E-state index in [2.05, 4.69) is 22.9 Å². The van der Waals surface area contributed by atoms with Crippen molar-refractivity contribution < 1.29 is 9.21 Å². The fraction of sp³-hybridized carbons (Fsp3) is 0.167. The van der Waals surface area contributed by atoms with Gasteiger partial charge in [0.2, 0.25) is 5.91 Å². The monoisotopic (exact) mass is 341 g/mol. The van der Waals surface area contributed by atoms with Crippen LogP contribution in [0.3, 0.4) is 0 Å². The van der Waals surface area contributed by atoms with Crippen LogP contribution in [0.5, 0.6) is 0 Å². The largest absolute Gasteiger partial charge is 0.472 e. The van der Waals surface area contributed by atoms with Gasteiger partial charge in [-0.2, -0.15) is 0 Å². The van der Waals surface area contributed by atoms with Crippen molar-refractivity contribution in [2.75, 3.05) is 6.54 Å². The zero-order valence-corrected chi connectivity index (χ0v) is 14.0. The highest BCUT2D eigenvalue weighted by molar-refractivity contribution is 7.11. The average Bonchev–Trinajstić information content (AvgIpc) is 3.33. The Morgan fingerprint density at radius 1 is 1.26 bits per heavy atom. The standard InChI is InChI=1S/C18H15NO2S2/c20-16(4-3-13-6-9-21-12-13)19-8-5-14-7-11-23-18(14)17(19)15-2-1-10-22-15/h1-4,6-7,9-12,17H,5,8H2/b4-3+. The highest BCUT2D eigenvalue weighted by atomic mass is 32.1. The molecule has 0 N–H and O–H groups in total. The number of rotatable bonds is 3. The molecular formula is C18H15NO2S2. The topological polar surface area (TPSA) is 33.5 Å². The molecule has 4 rings (SSSR count). The summed E-state index contributed by atoms with van der Waals surface area (Å²) in [4.78, 5) is 17.2. The van der Waals surface area contributed by atoms with E-state index in [1.54, 1.807) is 47.4 Å². The second-order valence-corrected chi connectivity index (χ2v) is 7.33. The fourth-order valence-electron chi connectivity index (χ4n) is 2.91. The summed E-state index contributed by atoms with van der Waals surface area (Å²) in [5.74, 6) is 0.0450. The third kappa shape index (κ3) is 2.78. The Morgan fingerprint density at radius 3 is 3.00 bits per heavy atom. The second kappa shape index (κ2) is 6.18. The van der Waals surface area contributed by atoms with Gasteiger partial charge in [0, 0.05) is 27.9 Å². The van der Waals surface area contributed by atoms with E-state index in [4.69, 9.17) is 4.42 Å². The molecule has 0 fully saturated rings. The Balaban J connectivity index is 1.65. The number of hydrogen-bond acceptors (Lipinski definition) is 4. The zero-order valence-electron chi connectivity index (χ0n) is 12.3. The predicted octanol–water partition coefficient (Wildman–Crippen LogP) is 4.59. The minimum absolute atomic E-state index is 0.0419. The van der Waals surface area contributed by atoms with Gasteiger partial charge in [0.15, 0.2) is 0 Å². The molecular weight excluding hydrogens is 326 g/mol. The lowest BCUT2D eigenvalue weighted by Crippen LogP contribution is -2.38. The maximum Gasteiger partial charge on any atom is 0.247 e. The Labute approximate surface area is 142 Å². The molecule has 5 heteroatoms. The van der Waals surface area contributed by atoms with Gasteiger partial charge in [-0.15, -0.1) is 22.7 Å². The van der Waals surface area contributed by atoms with Crippen LogP contribution in [0.2, 0.25) is 0 Å². The number of nitrogens with zero attached hydrogens (tertiary/aromatic N) is 1. The van der Waals surface area contributed by atoms with Crippen LogP contribution >= 0.6 is 22.7 Å². The molecule has 0 aliphatic carbocycles. The van der Waals surface area contributed by atoms with E-state index < -0.39 is 0 Å². The van der Waals surface area contributed by atoms with E-state index in [1.165, 1.54) is 15.3 Å². The number of furan rings is 1. The average molecular weight is 341 g/mol. The number of carbonyl (C=O) groups excluding carboxylic acids is 1. The van der Waals surface area contributed by atoms with Gasteiger partial charge in [0.05, 0.1) is 12.5 Å². The normalized spacial score (nSPS) is 17.6. The van der Waals surface area contributed by atoms with Crippen LogP contribution in [0, 0.1) is 0 Å². The molecule has 0 saturated heterocycles. The van der Waals surface area contributed by atoms with Crippen molar-refractivity contribution in [3.63, 3.8) is 0 Å². The fourth-order valence-corrected chi connectivity index (χ4v) is 4.91. The molecule has 0 aromatic carbocycles. The first-order valence-electron chi connectivity index (χ1n) is 7.43. The summed E-state index contributed by atoms with van der Waals surface area (Å²) in [6.07, 6.45) is 7.61. The van der Waals surface area contributed by atoms with Crippen molar-refractivity contribution in [3.8, 4) is 0 Å². The second-order valence-electron chi connectivity index (χ2n) is 5.40.